The first-order valence-corrected chi connectivity index (χ1v) is 13.2. The Kier molecular flexibility index (Phi) is 14.6. The van der Waals surface area contributed by atoms with Crippen molar-refractivity contribution in [3.8, 4) is 0 Å². The topological polar surface area (TPSA) is 66.4 Å². The van der Waals surface area contributed by atoms with Crippen LogP contribution in [0.2, 0.25) is 0 Å². The molecule has 0 spiro atoms. The fourth-order valence-electron chi connectivity index (χ4n) is 3.31. The Morgan fingerprint density at radius 3 is 1.17 bits per heavy atom. The Morgan fingerprint density at radius 1 is 0.739 bits per heavy atom. The molecule has 0 aliphatic carbocycles. The van der Waals surface area contributed by atoms with Crippen LogP contribution in [0.25, 0.3) is 0 Å². The molecule has 4 nitrogen and oxygen atoms in total. The van der Waals surface area contributed by atoms with Crippen LogP contribution in [0.15, 0.2) is 0 Å². The van der Waals surface area contributed by atoms with Crippen molar-refractivity contribution in [2.24, 2.45) is 0 Å². The zero-order valence-corrected chi connectivity index (χ0v) is 19.7. The van der Waals surface area contributed by atoms with Crippen molar-refractivity contribution in [3.63, 3.8) is 0 Å². The number of hydrogen-bond acceptors (Lipinski definition) is 4. The Bertz CT molecular complexity index is 357. The second-order valence-electron chi connectivity index (χ2n) is 6.65. The van der Waals surface area contributed by atoms with E-state index in [2.05, 4.69) is 27.7 Å². The molecule has 0 N–H and O–H groups in total. The molecule has 0 aliphatic rings. The van der Waals surface area contributed by atoms with E-state index in [1.165, 1.54) is 0 Å². The maximum absolute atomic E-state index is 11.6. The van der Waals surface area contributed by atoms with Crippen LogP contribution >= 0.6 is 6.83 Å². The Balaban J connectivity index is 0. The van der Waals surface area contributed by atoms with Gasteiger partial charge in [-0.3, -0.25) is 0 Å². The van der Waals surface area contributed by atoms with Gasteiger partial charge in [-0.1, -0.05) is 0 Å². The van der Waals surface area contributed by atoms with Crippen molar-refractivity contribution in [1.29, 1.82) is 0 Å². The maximum Gasteiger partial charge on any atom is 1.00 e. The molecule has 0 heterocycles. The van der Waals surface area contributed by atoms with Gasteiger partial charge in [0.1, 0.15) is 0 Å². The molecule has 0 saturated carbocycles. The van der Waals surface area contributed by atoms with Gasteiger partial charge in [-0.25, -0.2) is 0 Å². The van der Waals surface area contributed by atoms with Crippen molar-refractivity contribution >= 4 is 17.2 Å². The van der Waals surface area contributed by atoms with E-state index in [9.17, 15) is 13.0 Å². The van der Waals surface area contributed by atoms with Gasteiger partial charge in [0.05, 0.1) is 0 Å². The fourth-order valence-corrected chi connectivity index (χ4v) is 12.4. The molecule has 0 aromatic carbocycles. The summed E-state index contributed by atoms with van der Waals surface area (Å²) in [5.74, 6) is 0. The van der Waals surface area contributed by atoms with Crippen LogP contribution < -0.4 is 29.6 Å². The third kappa shape index (κ3) is 10.1. The molecule has 0 atom stereocenters. The summed E-state index contributed by atoms with van der Waals surface area (Å²) < 4.78 is 40.2. The summed E-state index contributed by atoms with van der Waals surface area (Å²) in [4.78, 5) is 0. The van der Waals surface area contributed by atoms with E-state index in [1.54, 1.807) is 0 Å². The van der Waals surface area contributed by atoms with Crippen LogP contribution in [0, 0.1) is 0 Å². The van der Waals surface area contributed by atoms with E-state index in [4.69, 9.17) is 3.97 Å². The molecule has 0 unspecified atom stereocenters. The average molecular weight is 378 g/mol. The third-order valence-corrected chi connectivity index (χ3v) is 12.8. The van der Waals surface area contributed by atoms with E-state index in [-0.39, 0.29) is 29.6 Å². The molecule has 7 heteroatoms. The molecular weight excluding hydrogens is 342 g/mol. The SMILES string of the molecule is CCCCP(CCCC)(CCCC)(CCCC)OS(=O)(=O)[O-].[Na+]. The fraction of sp³-hybridized carbons (Fsp3) is 1.00. The molecule has 0 aliphatic heterocycles. The molecule has 23 heavy (non-hydrogen) atoms. The van der Waals surface area contributed by atoms with Gasteiger partial charge < -0.3 is 0 Å². The van der Waals surface area contributed by atoms with E-state index < -0.39 is 17.2 Å². The smallest absolute Gasteiger partial charge is 1.00 e. The minimum atomic E-state index is -4.65. The van der Waals surface area contributed by atoms with Gasteiger partial charge in [-0.15, -0.1) is 0 Å². The summed E-state index contributed by atoms with van der Waals surface area (Å²) in [6.45, 7) is 5.47. The molecule has 0 aromatic rings. The van der Waals surface area contributed by atoms with Crippen molar-refractivity contribution in [2.45, 2.75) is 79.1 Å². The molecule has 0 saturated heterocycles. The summed E-state index contributed by atoms with van der Waals surface area (Å²) in [6, 6.07) is 0. The van der Waals surface area contributed by atoms with Gasteiger partial charge in [-0.05, 0) is 0 Å². The predicted octanol–water partition coefficient (Wildman–Crippen LogP) is 2.14. The van der Waals surface area contributed by atoms with Crippen LogP contribution in [-0.2, 0) is 14.4 Å². The Morgan fingerprint density at radius 2 is 1.00 bits per heavy atom. The molecule has 0 radical (unpaired) electrons. The molecule has 0 fully saturated rings. The van der Waals surface area contributed by atoms with Crippen LogP contribution in [0.4, 0.5) is 0 Å². The first-order valence-electron chi connectivity index (χ1n) is 8.94. The van der Waals surface area contributed by atoms with Gasteiger partial charge in [-0.2, -0.15) is 0 Å². The van der Waals surface area contributed by atoms with Crippen LogP contribution in [0.1, 0.15) is 79.1 Å². The van der Waals surface area contributed by atoms with Gasteiger partial charge in [0.2, 0.25) is 0 Å². The van der Waals surface area contributed by atoms with Gasteiger partial charge in [0.15, 0.2) is 0 Å². The van der Waals surface area contributed by atoms with Gasteiger partial charge in [0.25, 0.3) is 0 Å². The average Bonchev–Trinajstić information content (AvgIpc) is 2.46. The minimum absolute atomic E-state index is 0. The summed E-state index contributed by atoms with van der Waals surface area (Å²) in [5.41, 5.74) is 0. The standard InChI is InChI=1S/C16H37O4PS.Na/c1-5-9-13-21(14-10-6-2,15-11-7-3,16-12-8-4)20-22(17,18)19;/h5-16H2,1-4H3,(H,17,18,19);/q;+1/p-1. The zero-order chi connectivity index (χ0) is 17.1. The van der Waals surface area contributed by atoms with Crippen LogP contribution in [0.3, 0.4) is 0 Å². The second-order valence-corrected chi connectivity index (χ2v) is 13.6. The summed E-state index contributed by atoms with van der Waals surface area (Å²) in [5, 5.41) is 0. The minimum Gasteiger partial charge on any atom is 1.00 e. The molecule has 0 aromatic heterocycles. The van der Waals surface area contributed by atoms with E-state index in [0.717, 1.165) is 76.0 Å². The third-order valence-electron chi connectivity index (χ3n) is 4.61. The van der Waals surface area contributed by atoms with Crippen molar-refractivity contribution in [2.75, 3.05) is 24.6 Å². The van der Waals surface area contributed by atoms with Crippen LogP contribution in [0.5, 0.6) is 0 Å². The summed E-state index contributed by atoms with van der Waals surface area (Å²) in [6.07, 6.45) is 11.0. The monoisotopic (exact) mass is 378 g/mol. The van der Waals surface area contributed by atoms with E-state index >= 15 is 0 Å². The molecule has 0 amide bonds. The predicted molar refractivity (Wildman–Crippen MR) is 96.8 cm³/mol. The van der Waals surface area contributed by atoms with E-state index in [0.29, 0.717) is 0 Å². The number of unbranched alkanes of at least 4 members (excludes halogenated alkanes) is 4. The molecule has 136 valence electrons. The Hall–Kier alpha value is 1.30. The number of rotatable bonds is 14. The molecule has 0 bridgehead atoms. The quantitative estimate of drug-likeness (QED) is 0.201. The number of hydrogen-bond donors (Lipinski definition) is 0. The van der Waals surface area contributed by atoms with Crippen molar-refractivity contribution < 1.29 is 46.5 Å². The van der Waals surface area contributed by atoms with Gasteiger partial charge in [0, 0.05) is 0 Å². The van der Waals surface area contributed by atoms with Crippen molar-refractivity contribution in [1.82, 2.24) is 0 Å². The van der Waals surface area contributed by atoms with Crippen molar-refractivity contribution in [3.05, 3.63) is 0 Å². The van der Waals surface area contributed by atoms with Gasteiger partial charge >= 0.3 is 167 Å². The normalized spacial score (nSPS) is 14.0. The first-order chi connectivity index (χ1) is 10.3. The molecular formula is C16H36NaO4PS. The molecule has 0 rings (SSSR count). The Labute approximate surface area is 166 Å². The van der Waals surface area contributed by atoms with Crippen LogP contribution in [-0.4, -0.2) is 37.6 Å². The zero-order valence-electron chi connectivity index (χ0n) is 16.0. The maximum atomic E-state index is 11.6. The largest absolute Gasteiger partial charge is 1.00 e. The van der Waals surface area contributed by atoms with E-state index in [1.807, 2.05) is 0 Å². The first kappa shape index (κ1) is 26.5. The summed E-state index contributed by atoms with van der Waals surface area (Å²) in [7, 11) is -4.65. The second kappa shape index (κ2) is 12.6. The summed E-state index contributed by atoms with van der Waals surface area (Å²) >= 11 is 0.